The number of halogens is 1. The maximum atomic E-state index is 4.57. The maximum absolute atomic E-state index is 4.57. The highest BCUT2D eigenvalue weighted by molar-refractivity contribution is 9.09. The van der Waals surface area contributed by atoms with Crippen molar-refractivity contribution in [2.24, 2.45) is 7.05 Å². The molecule has 18 heavy (non-hydrogen) atoms. The molecule has 0 amide bonds. The molecule has 2 aromatic rings. The molecule has 0 radical (unpaired) electrons. The molecule has 0 saturated carbocycles. The van der Waals surface area contributed by atoms with Crippen LogP contribution in [0.3, 0.4) is 0 Å². The van der Waals surface area contributed by atoms with Crippen LogP contribution in [-0.4, -0.2) is 32.5 Å². The zero-order chi connectivity index (χ0) is 12.5. The molecule has 3 heterocycles. The summed E-state index contributed by atoms with van der Waals surface area (Å²) in [5, 5.41) is 0.998. The fraction of sp³-hybridized carbons (Fsp3) is 0.538. The van der Waals surface area contributed by atoms with Crippen molar-refractivity contribution in [2.45, 2.75) is 25.3 Å². The summed E-state index contributed by atoms with van der Waals surface area (Å²) in [6.07, 6.45) is 7.54. The monoisotopic (exact) mass is 308 g/mol. The molecule has 1 aliphatic rings. The van der Waals surface area contributed by atoms with Crippen molar-refractivity contribution in [3.05, 3.63) is 18.6 Å². The molecule has 96 valence electrons. The first-order chi connectivity index (χ1) is 8.81. The van der Waals surface area contributed by atoms with Gasteiger partial charge in [0, 0.05) is 31.2 Å². The summed E-state index contributed by atoms with van der Waals surface area (Å²) in [7, 11) is 2.03. The van der Waals surface area contributed by atoms with Crippen LogP contribution >= 0.6 is 15.9 Å². The van der Waals surface area contributed by atoms with Crippen molar-refractivity contribution in [1.82, 2.24) is 14.5 Å². The quantitative estimate of drug-likeness (QED) is 0.800. The minimum atomic E-state index is 0.541. The van der Waals surface area contributed by atoms with E-state index in [4.69, 9.17) is 0 Å². The van der Waals surface area contributed by atoms with Crippen molar-refractivity contribution in [3.63, 3.8) is 0 Å². The lowest BCUT2D eigenvalue weighted by molar-refractivity contribution is 0.488. The second-order valence-corrected chi connectivity index (χ2v) is 5.50. The van der Waals surface area contributed by atoms with Gasteiger partial charge in [0.05, 0.1) is 11.8 Å². The van der Waals surface area contributed by atoms with Crippen LogP contribution in [0.2, 0.25) is 0 Å². The summed E-state index contributed by atoms with van der Waals surface area (Å²) in [5.41, 5.74) is 2.17. The van der Waals surface area contributed by atoms with Gasteiger partial charge < -0.3 is 9.47 Å². The molecule has 5 heteroatoms. The SMILES string of the molecule is Cn1cnc2c(N3CCCCC3CBr)nccc21. The van der Waals surface area contributed by atoms with Gasteiger partial charge in [-0.15, -0.1) is 0 Å². The molecule has 1 saturated heterocycles. The van der Waals surface area contributed by atoms with Gasteiger partial charge in [-0.2, -0.15) is 0 Å². The van der Waals surface area contributed by atoms with Crippen LogP contribution < -0.4 is 4.90 Å². The van der Waals surface area contributed by atoms with Crippen molar-refractivity contribution in [3.8, 4) is 0 Å². The first-order valence-electron chi connectivity index (χ1n) is 6.40. The van der Waals surface area contributed by atoms with E-state index in [1.54, 1.807) is 0 Å². The van der Waals surface area contributed by atoms with Crippen LogP contribution in [0, 0.1) is 0 Å². The minimum absolute atomic E-state index is 0.541. The number of aromatic nitrogens is 3. The Hall–Kier alpha value is -1.10. The van der Waals surface area contributed by atoms with Crippen LogP contribution in [0.1, 0.15) is 19.3 Å². The van der Waals surface area contributed by atoms with Gasteiger partial charge >= 0.3 is 0 Å². The topological polar surface area (TPSA) is 34.0 Å². The van der Waals surface area contributed by atoms with Gasteiger partial charge in [-0.05, 0) is 25.3 Å². The van der Waals surface area contributed by atoms with Crippen LogP contribution in [-0.2, 0) is 7.05 Å². The Morgan fingerprint density at radius 3 is 3.11 bits per heavy atom. The van der Waals surface area contributed by atoms with Crippen LogP contribution in [0.4, 0.5) is 5.82 Å². The number of fused-ring (bicyclic) bond motifs is 1. The van der Waals surface area contributed by atoms with Gasteiger partial charge in [0.15, 0.2) is 5.82 Å². The standard InChI is InChI=1S/C13H17BrN4/c1-17-9-16-12-11(17)5-6-15-13(12)18-7-3-2-4-10(18)8-14/h5-6,9-10H,2-4,7-8H2,1H3. The van der Waals surface area contributed by atoms with E-state index >= 15 is 0 Å². The van der Waals surface area contributed by atoms with Crippen molar-refractivity contribution >= 4 is 32.8 Å². The fourth-order valence-electron chi connectivity index (χ4n) is 2.70. The summed E-state index contributed by atoms with van der Waals surface area (Å²) < 4.78 is 2.05. The number of aryl methyl sites for hydroxylation is 1. The minimum Gasteiger partial charge on any atom is -0.351 e. The Balaban J connectivity index is 2.07. The maximum Gasteiger partial charge on any atom is 0.157 e. The zero-order valence-electron chi connectivity index (χ0n) is 10.5. The summed E-state index contributed by atoms with van der Waals surface area (Å²) in [6, 6.07) is 2.57. The lowest BCUT2D eigenvalue weighted by Gasteiger charge is -2.35. The molecule has 4 nitrogen and oxygen atoms in total. The number of pyridine rings is 1. The normalized spacial score (nSPS) is 20.6. The number of piperidine rings is 1. The smallest absolute Gasteiger partial charge is 0.157 e. The Labute approximate surface area is 115 Å². The third-order valence-electron chi connectivity index (χ3n) is 3.70. The number of nitrogens with zero attached hydrogens (tertiary/aromatic N) is 4. The molecule has 3 rings (SSSR count). The Morgan fingerprint density at radius 1 is 1.39 bits per heavy atom. The summed E-state index contributed by atoms with van der Waals surface area (Å²) in [6.45, 7) is 1.08. The highest BCUT2D eigenvalue weighted by Gasteiger charge is 2.24. The van der Waals surface area contributed by atoms with Gasteiger partial charge in [0.1, 0.15) is 5.52 Å². The number of rotatable bonds is 2. The van der Waals surface area contributed by atoms with E-state index in [2.05, 4.69) is 30.8 Å². The first-order valence-corrected chi connectivity index (χ1v) is 7.52. The van der Waals surface area contributed by atoms with Gasteiger partial charge in [-0.25, -0.2) is 9.97 Å². The predicted octanol–water partition coefficient (Wildman–Crippen LogP) is 2.72. The molecule has 0 aliphatic carbocycles. The van der Waals surface area contributed by atoms with E-state index in [1.165, 1.54) is 19.3 Å². The van der Waals surface area contributed by atoms with Crippen LogP contribution in [0.25, 0.3) is 11.0 Å². The highest BCUT2D eigenvalue weighted by atomic mass is 79.9. The zero-order valence-corrected chi connectivity index (χ0v) is 12.1. The third kappa shape index (κ3) is 1.90. The Morgan fingerprint density at radius 2 is 2.28 bits per heavy atom. The Kier molecular flexibility index (Phi) is 3.24. The number of hydrogen-bond donors (Lipinski definition) is 0. The molecule has 0 N–H and O–H groups in total. The van der Waals surface area contributed by atoms with E-state index in [1.807, 2.05) is 30.2 Å². The summed E-state index contributed by atoms with van der Waals surface area (Å²) in [4.78, 5) is 11.5. The van der Waals surface area contributed by atoms with E-state index in [-0.39, 0.29) is 0 Å². The molecule has 2 aromatic heterocycles. The molecule has 1 aliphatic heterocycles. The third-order valence-corrected chi connectivity index (χ3v) is 4.45. The largest absolute Gasteiger partial charge is 0.351 e. The lowest BCUT2D eigenvalue weighted by atomic mass is 10.0. The number of hydrogen-bond acceptors (Lipinski definition) is 3. The average Bonchev–Trinajstić information content (AvgIpc) is 2.81. The second kappa shape index (κ2) is 4.88. The number of alkyl halides is 1. The first kappa shape index (κ1) is 12.0. The molecule has 1 fully saturated rings. The van der Waals surface area contributed by atoms with Crippen LogP contribution in [0.5, 0.6) is 0 Å². The van der Waals surface area contributed by atoms with Gasteiger partial charge in [-0.1, -0.05) is 15.9 Å². The second-order valence-electron chi connectivity index (χ2n) is 4.86. The number of imidazole rings is 1. The Bertz CT molecular complexity index is 551. The van der Waals surface area contributed by atoms with Gasteiger partial charge in [0.25, 0.3) is 0 Å². The highest BCUT2D eigenvalue weighted by Crippen LogP contribution is 2.29. The molecule has 1 atom stereocenters. The van der Waals surface area contributed by atoms with Gasteiger partial charge in [0.2, 0.25) is 0 Å². The van der Waals surface area contributed by atoms with Crippen molar-refractivity contribution < 1.29 is 0 Å². The summed E-state index contributed by atoms with van der Waals surface area (Å²) >= 11 is 3.62. The molecule has 0 aromatic carbocycles. The molecule has 1 unspecified atom stereocenters. The van der Waals surface area contributed by atoms with E-state index in [0.29, 0.717) is 6.04 Å². The predicted molar refractivity (Wildman–Crippen MR) is 77.3 cm³/mol. The van der Waals surface area contributed by atoms with Crippen LogP contribution in [0.15, 0.2) is 18.6 Å². The molecule has 0 spiro atoms. The van der Waals surface area contributed by atoms with E-state index < -0.39 is 0 Å². The lowest BCUT2D eigenvalue weighted by Crippen LogP contribution is -2.41. The number of anilines is 1. The van der Waals surface area contributed by atoms with Gasteiger partial charge in [-0.3, -0.25) is 0 Å². The molecule has 0 bridgehead atoms. The van der Waals surface area contributed by atoms with Crippen molar-refractivity contribution in [1.29, 1.82) is 0 Å². The fourth-order valence-corrected chi connectivity index (χ4v) is 3.37. The average molecular weight is 309 g/mol. The molecular formula is C13H17BrN4. The summed E-state index contributed by atoms with van der Waals surface area (Å²) in [5.74, 6) is 1.04. The van der Waals surface area contributed by atoms with Crippen molar-refractivity contribution in [2.75, 3.05) is 16.8 Å². The van der Waals surface area contributed by atoms with E-state index in [9.17, 15) is 0 Å². The molecular weight excluding hydrogens is 292 g/mol. The van der Waals surface area contributed by atoms with E-state index in [0.717, 1.165) is 28.7 Å².